The summed E-state index contributed by atoms with van der Waals surface area (Å²) in [6.07, 6.45) is 1.81. The van der Waals surface area contributed by atoms with Crippen molar-refractivity contribution in [2.45, 2.75) is 6.92 Å². The summed E-state index contributed by atoms with van der Waals surface area (Å²) in [5, 5.41) is 5.26. The van der Waals surface area contributed by atoms with Crippen LogP contribution in [0.15, 0.2) is 39.6 Å². The van der Waals surface area contributed by atoms with Gasteiger partial charge in [-0.1, -0.05) is 51.0 Å². The van der Waals surface area contributed by atoms with Gasteiger partial charge in [-0.05, 0) is 30.7 Å². The lowest BCUT2D eigenvalue weighted by atomic mass is 10.2. The fraction of sp³-hybridized carbons (Fsp3) is 0.0714. The molecular weight excluding hydrogens is 374 g/mol. The van der Waals surface area contributed by atoms with Gasteiger partial charge in [-0.15, -0.1) is 0 Å². The van der Waals surface area contributed by atoms with Crippen LogP contribution in [0.2, 0.25) is 0 Å². The van der Waals surface area contributed by atoms with Crippen molar-refractivity contribution in [2.75, 3.05) is 0 Å². The molecule has 1 aromatic carbocycles. The first-order valence-electron chi connectivity index (χ1n) is 6.03. The zero-order chi connectivity index (χ0) is 15.0. The van der Waals surface area contributed by atoms with Crippen molar-refractivity contribution in [3.8, 4) is 0 Å². The fourth-order valence-electron chi connectivity index (χ4n) is 1.78. The Morgan fingerprint density at radius 2 is 2.10 bits per heavy atom. The summed E-state index contributed by atoms with van der Waals surface area (Å²) in [4.78, 5) is 16.7. The molecule has 2 aromatic heterocycles. The van der Waals surface area contributed by atoms with Crippen molar-refractivity contribution in [2.24, 2.45) is 0 Å². The Morgan fingerprint density at radius 3 is 2.81 bits per heavy atom. The first-order chi connectivity index (χ1) is 10.0. The highest BCUT2D eigenvalue weighted by atomic mass is 79.9. The second-order valence-corrected chi connectivity index (χ2v) is 6.66. The maximum absolute atomic E-state index is 11.8. The molecular formula is C14H9BrClN3OS. The second kappa shape index (κ2) is 5.71. The van der Waals surface area contributed by atoms with E-state index < -0.39 is 0 Å². The lowest BCUT2D eigenvalue weighted by molar-refractivity contribution is 0.885. The van der Waals surface area contributed by atoms with Crippen molar-refractivity contribution in [3.05, 3.63) is 61.4 Å². The first kappa shape index (κ1) is 14.4. The lowest BCUT2D eigenvalue weighted by Gasteiger charge is -1.95. The van der Waals surface area contributed by atoms with Crippen LogP contribution in [0.4, 0.5) is 0 Å². The molecule has 0 spiro atoms. The number of halogens is 2. The predicted octanol–water partition coefficient (Wildman–Crippen LogP) is 3.96. The van der Waals surface area contributed by atoms with Crippen molar-refractivity contribution >= 4 is 54.9 Å². The zero-order valence-electron chi connectivity index (χ0n) is 10.9. The number of aryl methyl sites for hydroxylation is 1. The summed E-state index contributed by atoms with van der Waals surface area (Å²) >= 11 is 11.0. The number of fused-ring (bicyclic) bond motifs is 1. The molecule has 0 fully saturated rings. The summed E-state index contributed by atoms with van der Waals surface area (Å²) in [6, 6.07) is 9.19. The Balaban J connectivity index is 2.05. The highest BCUT2D eigenvalue weighted by Crippen LogP contribution is 2.26. The lowest BCUT2D eigenvalue weighted by Crippen LogP contribution is -2.14. The molecule has 106 valence electrons. The maximum Gasteiger partial charge on any atom is 0.275 e. The summed E-state index contributed by atoms with van der Waals surface area (Å²) < 4.78 is 2.27. The molecule has 0 bridgehead atoms. The molecule has 0 N–H and O–H groups in total. The molecule has 3 aromatic rings. The van der Waals surface area contributed by atoms with Gasteiger partial charge in [0.2, 0.25) is 4.96 Å². The molecule has 0 radical (unpaired) electrons. The third kappa shape index (κ3) is 3.07. The third-order valence-corrected chi connectivity index (χ3v) is 4.61. The van der Waals surface area contributed by atoms with Gasteiger partial charge in [-0.2, -0.15) is 9.61 Å². The van der Waals surface area contributed by atoms with Crippen molar-refractivity contribution in [1.29, 1.82) is 0 Å². The Bertz CT molecular complexity index is 899. The Morgan fingerprint density at radius 1 is 1.38 bits per heavy atom. The van der Waals surface area contributed by atoms with E-state index in [9.17, 15) is 4.79 Å². The van der Waals surface area contributed by atoms with Crippen LogP contribution >= 0.6 is 38.9 Å². The van der Waals surface area contributed by atoms with Crippen LogP contribution in [0.25, 0.3) is 16.1 Å². The van der Waals surface area contributed by atoms with Crippen molar-refractivity contribution in [1.82, 2.24) is 14.6 Å². The summed E-state index contributed by atoms with van der Waals surface area (Å²) in [5.74, 6) is 0. The molecule has 0 amide bonds. The molecule has 0 saturated carbocycles. The average molecular weight is 383 g/mol. The van der Waals surface area contributed by atoms with Crippen LogP contribution in [0.1, 0.15) is 16.3 Å². The Kier molecular flexibility index (Phi) is 3.93. The minimum absolute atomic E-state index is 0.201. The van der Waals surface area contributed by atoms with Gasteiger partial charge in [0.05, 0.1) is 5.03 Å². The minimum atomic E-state index is -0.201. The molecule has 0 saturated heterocycles. The SMILES string of the molecule is Cc1cc(=O)n2nc(/C(Cl)=C/c3ccc(Br)cc3)sc2n1. The van der Waals surface area contributed by atoms with E-state index >= 15 is 0 Å². The van der Waals surface area contributed by atoms with Gasteiger partial charge >= 0.3 is 0 Å². The molecule has 0 unspecified atom stereocenters. The summed E-state index contributed by atoms with van der Waals surface area (Å²) in [7, 11) is 0. The van der Waals surface area contributed by atoms with Gasteiger partial charge < -0.3 is 0 Å². The maximum atomic E-state index is 11.8. The molecule has 3 rings (SSSR count). The molecule has 4 nitrogen and oxygen atoms in total. The van der Waals surface area contributed by atoms with Gasteiger partial charge in [0, 0.05) is 16.2 Å². The molecule has 21 heavy (non-hydrogen) atoms. The number of benzene rings is 1. The van der Waals surface area contributed by atoms with E-state index in [1.807, 2.05) is 30.3 Å². The number of aromatic nitrogens is 3. The topological polar surface area (TPSA) is 47.3 Å². The molecule has 0 aliphatic rings. The summed E-state index contributed by atoms with van der Waals surface area (Å²) in [6.45, 7) is 1.78. The van der Waals surface area contributed by atoms with E-state index in [1.165, 1.54) is 21.9 Å². The smallest absolute Gasteiger partial charge is 0.267 e. The molecule has 0 aliphatic heterocycles. The van der Waals surface area contributed by atoms with Gasteiger partial charge in [-0.25, -0.2) is 4.98 Å². The first-order valence-corrected chi connectivity index (χ1v) is 8.02. The largest absolute Gasteiger partial charge is 0.275 e. The van der Waals surface area contributed by atoms with E-state index in [4.69, 9.17) is 11.6 Å². The number of rotatable bonds is 2. The van der Waals surface area contributed by atoms with Crippen LogP contribution in [0.5, 0.6) is 0 Å². The van der Waals surface area contributed by atoms with Gasteiger partial charge in [0.1, 0.15) is 0 Å². The van der Waals surface area contributed by atoms with E-state index in [0.717, 1.165) is 10.0 Å². The molecule has 2 heterocycles. The van der Waals surface area contributed by atoms with Crippen LogP contribution in [0.3, 0.4) is 0 Å². The highest BCUT2D eigenvalue weighted by Gasteiger charge is 2.10. The van der Waals surface area contributed by atoms with E-state index in [2.05, 4.69) is 26.0 Å². The predicted molar refractivity (Wildman–Crippen MR) is 89.7 cm³/mol. The Hall–Kier alpha value is -1.50. The van der Waals surface area contributed by atoms with E-state index in [0.29, 0.717) is 20.7 Å². The van der Waals surface area contributed by atoms with Gasteiger partial charge in [-0.3, -0.25) is 4.79 Å². The average Bonchev–Trinajstić information content (AvgIpc) is 2.85. The van der Waals surface area contributed by atoms with Gasteiger partial charge in [0.25, 0.3) is 5.56 Å². The number of hydrogen-bond donors (Lipinski definition) is 0. The van der Waals surface area contributed by atoms with Crippen molar-refractivity contribution in [3.63, 3.8) is 0 Å². The number of hydrogen-bond acceptors (Lipinski definition) is 4. The van der Waals surface area contributed by atoms with Crippen LogP contribution < -0.4 is 5.56 Å². The molecule has 0 atom stereocenters. The standard InChI is InChI=1S/C14H9BrClN3OS/c1-8-6-12(20)19-14(17-8)21-13(18-19)11(16)7-9-2-4-10(15)5-3-9/h2-7H,1H3/b11-7-. The number of nitrogens with zero attached hydrogens (tertiary/aromatic N) is 3. The van der Waals surface area contributed by atoms with E-state index in [1.54, 1.807) is 6.92 Å². The van der Waals surface area contributed by atoms with Crippen LogP contribution in [-0.4, -0.2) is 14.6 Å². The molecule has 0 aliphatic carbocycles. The molecule has 7 heteroatoms. The van der Waals surface area contributed by atoms with Crippen LogP contribution in [0, 0.1) is 6.92 Å². The second-order valence-electron chi connectivity index (χ2n) is 4.38. The zero-order valence-corrected chi connectivity index (χ0v) is 14.0. The highest BCUT2D eigenvalue weighted by molar-refractivity contribution is 9.10. The fourth-order valence-corrected chi connectivity index (χ4v) is 3.19. The van der Waals surface area contributed by atoms with Gasteiger partial charge in [0.15, 0.2) is 5.01 Å². The minimum Gasteiger partial charge on any atom is -0.267 e. The normalized spacial score (nSPS) is 12.0. The Labute approximate surface area is 137 Å². The quantitative estimate of drug-likeness (QED) is 0.674. The van der Waals surface area contributed by atoms with Crippen LogP contribution in [-0.2, 0) is 0 Å². The summed E-state index contributed by atoms with van der Waals surface area (Å²) in [5.41, 5.74) is 1.43. The monoisotopic (exact) mass is 381 g/mol. The third-order valence-electron chi connectivity index (χ3n) is 2.74. The van der Waals surface area contributed by atoms with E-state index in [-0.39, 0.29) is 5.56 Å². The van der Waals surface area contributed by atoms with Crippen molar-refractivity contribution < 1.29 is 0 Å².